The molecule has 0 saturated carbocycles. The van der Waals surface area contributed by atoms with E-state index in [1.165, 1.54) is 111 Å². The van der Waals surface area contributed by atoms with Gasteiger partial charge in [0.05, 0.1) is 9.79 Å². The Labute approximate surface area is 361 Å². The van der Waals surface area contributed by atoms with Gasteiger partial charge in [-0.05, 0) is 107 Å². The van der Waals surface area contributed by atoms with Crippen LogP contribution in [0.1, 0.15) is 153 Å². The van der Waals surface area contributed by atoms with E-state index in [9.17, 15) is 25.9 Å². The van der Waals surface area contributed by atoms with Crippen LogP contribution >= 0.6 is 0 Å². The minimum Gasteiger partial charge on any atom is -0.744 e. The van der Waals surface area contributed by atoms with Gasteiger partial charge < -0.3 is 9.11 Å². The molecule has 0 saturated heterocycles. The van der Waals surface area contributed by atoms with Crippen LogP contribution in [0.2, 0.25) is 0 Å². The fraction of sp³-hybridized carbons (Fsp3) is 0.545. The van der Waals surface area contributed by atoms with E-state index in [1.807, 2.05) is 36.4 Å². The van der Waals surface area contributed by atoms with Crippen molar-refractivity contribution in [1.29, 1.82) is 0 Å². The number of hydrogen-bond donors (Lipinski definition) is 0. The van der Waals surface area contributed by atoms with Gasteiger partial charge in [-0.2, -0.15) is 0 Å². The van der Waals surface area contributed by atoms with Gasteiger partial charge in [0.1, 0.15) is 20.2 Å². The third-order valence-corrected chi connectivity index (χ3v) is 11.9. The molecule has 0 spiro atoms. The van der Waals surface area contributed by atoms with E-state index in [1.54, 1.807) is 12.1 Å². The fourth-order valence-electron chi connectivity index (χ4n) is 7.31. The number of aryl methyl sites for hydroxylation is 4. The Hall–Kier alpha value is -1.21. The first-order chi connectivity index (χ1) is 25.0. The van der Waals surface area contributed by atoms with E-state index in [0.717, 1.165) is 62.1 Å². The van der Waals surface area contributed by atoms with Crippen LogP contribution in [-0.4, -0.2) is 74.8 Å². The molecule has 4 aromatic carbocycles. The maximum Gasteiger partial charge on any atom is 2.00 e. The molecule has 0 unspecified atom stereocenters. The number of hydrogen-bond acceptors (Lipinski definition) is 6. The van der Waals surface area contributed by atoms with Gasteiger partial charge in [-0.15, -0.1) is 0 Å². The predicted octanol–water partition coefficient (Wildman–Crippen LogP) is 11.6. The second kappa shape index (κ2) is 25.1. The molecule has 0 radical (unpaired) electrons. The third kappa shape index (κ3) is 15.3. The zero-order valence-electron chi connectivity index (χ0n) is 32.9. The minimum absolute atomic E-state index is 0. The van der Waals surface area contributed by atoms with Crippen molar-refractivity contribution in [1.82, 2.24) is 0 Å². The first kappa shape index (κ1) is 47.9. The molecule has 0 aliphatic rings. The molecule has 0 aromatic heterocycles. The van der Waals surface area contributed by atoms with E-state index in [2.05, 4.69) is 27.7 Å². The second-order valence-electron chi connectivity index (χ2n) is 14.3. The van der Waals surface area contributed by atoms with Crippen LogP contribution in [0, 0.1) is 0 Å². The monoisotopic (exact) mass is 888 g/mol. The van der Waals surface area contributed by atoms with Gasteiger partial charge in [0.2, 0.25) is 0 Å². The van der Waals surface area contributed by atoms with Crippen molar-refractivity contribution in [2.75, 3.05) is 0 Å². The van der Waals surface area contributed by atoms with Gasteiger partial charge in [0, 0.05) is 0 Å². The average Bonchev–Trinajstić information content (AvgIpc) is 3.12. The fourth-order valence-corrected chi connectivity index (χ4v) is 8.69. The van der Waals surface area contributed by atoms with Crippen LogP contribution in [-0.2, 0) is 45.9 Å². The Kier molecular flexibility index (Phi) is 22.7. The van der Waals surface area contributed by atoms with Crippen molar-refractivity contribution < 1.29 is 25.9 Å². The van der Waals surface area contributed by atoms with E-state index in [4.69, 9.17) is 0 Å². The Balaban J connectivity index is 0.000000360. The van der Waals surface area contributed by atoms with Crippen molar-refractivity contribution in [2.24, 2.45) is 0 Å². The SMILES string of the molecule is CCCCCCc1ccc2c(S(=O)(=O)[O-])cccc2c1CCCCCC.CCCCCCc1ccc2c(S(=O)(=O)[O-])cccc2c1CCCCCC.[Ba+2]. The van der Waals surface area contributed by atoms with Crippen LogP contribution in [0.5, 0.6) is 0 Å². The average molecular weight is 888 g/mol. The van der Waals surface area contributed by atoms with E-state index in [-0.39, 0.29) is 58.7 Å². The maximum absolute atomic E-state index is 11.6. The summed E-state index contributed by atoms with van der Waals surface area (Å²) < 4.78 is 69.8. The second-order valence-corrected chi connectivity index (χ2v) is 17.0. The predicted molar refractivity (Wildman–Crippen MR) is 221 cm³/mol. The quantitative estimate of drug-likeness (QED) is 0.0441. The summed E-state index contributed by atoms with van der Waals surface area (Å²) >= 11 is 0. The van der Waals surface area contributed by atoms with Crippen LogP contribution in [0.3, 0.4) is 0 Å². The molecular weight excluding hydrogens is 826 g/mol. The van der Waals surface area contributed by atoms with Gasteiger partial charge in [-0.1, -0.05) is 153 Å². The maximum atomic E-state index is 11.6. The Bertz CT molecular complexity index is 1770. The summed E-state index contributed by atoms with van der Waals surface area (Å²) in [5.74, 6) is 0. The Morgan fingerprint density at radius 1 is 0.396 bits per heavy atom. The van der Waals surface area contributed by atoms with Crippen LogP contribution in [0.15, 0.2) is 70.5 Å². The first-order valence-corrected chi connectivity index (χ1v) is 22.8. The molecule has 0 N–H and O–H groups in total. The standard InChI is InChI=1S/2C22H32O3S.Ba/c2*1-3-5-7-9-12-18-16-17-21-20(19(18)13-10-8-6-4-2)14-11-15-22(21)26(23,24)25;/h2*11,14-17H,3-10,12-13H2,1-2H3,(H,23,24,25);/q;;+2/p-2. The summed E-state index contributed by atoms with van der Waals surface area (Å²) in [6.45, 7) is 8.81. The number of rotatable bonds is 22. The molecule has 6 nitrogen and oxygen atoms in total. The minimum atomic E-state index is -4.46. The number of fused-ring (bicyclic) bond motifs is 2. The summed E-state index contributed by atoms with van der Waals surface area (Å²) in [5, 5.41) is 3.02. The molecule has 0 aliphatic carbocycles. The summed E-state index contributed by atoms with van der Waals surface area (Å²) in [6.07, 6.45) is 23.0. The zero-order valence-corrected chi connectivity index (χ0v) is 39.0. The Morgan fingerprint density at radius 3 is 1.02 bits per heavy atom. The smallest absolute Gasteiger partial charge is 0.744 e. The third-order valence-electron chi connectivity index (χ3n) is 10.2. The molecule has 53 heavy (non-hydrogen) atoms. The molecule has 4 rings (SSSR count). The van der Waals surface area contributed by atoms with Gasteiger partial charge in [0.25, 0.3) is 0 Å². The topological polar surface area (TPSA) is 114 Å². The molecule has 288 valence electrons. The van der Waals surface area contributed by atoms with Crippen molar-refractivity contribution in [3.8, 4) is 0 Å². The van der Waals surface area contributed by atoms with Gasteiger partial charge in [0.15, 0.2) is 0 Å². The van der Waals surface area contributed by atoms with Gasteiger partial charge in [-0.3, -0.25) is 0 Å². The normalized spacial score (nSPS) is 11.7. The number of unbranched alkanes of at least 4 members (excludes halogenated alkanes) is 12. The van der Waals surface area contributed by atoms with Crippen LogP contribution < -0.4 is 0 Å². The molecule has 0 atom stereocenters. The largest absolute Gasteiger partial charge is 2.00 e. The summed E-state index contributed by atoms with van der Waals surface area (Å²) in [5.41, 5.74) is 5.09. The summed E-state index contributed by atoms with van der Waals surface area (Å²) in [6, 6.07) is 17.9. The van der Waals surface area contributed by atoms with Crippen molar-refractivity contribution in [3.63, 3.8) is 0 Å². The van der Waals surface area contributed by atoms with Crippen LogP contribution in [0.25, 0.3) is 21.5 Å². The molecule has 9 heteroatoms. The number of benzene rings is 4. The summed E-state index contributed by atoms with van der Waals surface area (Å²) in [7, 11) is -8.92. The van der Waals surface area contributed by atoms with Gasteiger partial charge in [-0.25, -0.2) is 16.8 Å². The van der Waals surface area contributed by atoms with Crippen molar-refractivity contribution >= 4 is 90.7 Å². The first-order valence-electron chi connectivity index (χ1n) is 20.0. The van der Waals surface area contributed by atoms with Crippen LogP contribution in [0.4, 0.5) is 0 Å². The molecule has 0 amide bonds. The molecule has 0 bridgehead atoms. The van der Waals surface area contributed by atoms with E-state index >= 15 is 0 Å². The van der Waals surface area contributed by atoms with Crippen molar-refractivity contribution in [3.05, 3.63) is 82.9 Å². The van der Waals surface area contributed by atoms with Crippen molar-refractivity contribution in [2.45, 2.75) is 166 Å². The molecule has 0 fully saturated rings. The molecular formula is C44H62BaO6S2. The molecule has 4 aromatic rings. The Morgan fingerprint density at radius 2 is 0.717 bits per heavy atom. The van der Waals surface area contributed by atoms with E-state index < -0.39 is 20.2 Å². The molecule has 0 aliphatic heterocycles. The van der Waals surface area contributed by atoms with E-state index in [0.29, 0.717) is 10.8 Å². The zero-order chi connectivity index (χ0) is 38.0. The summed E-state index contributed by atoms with van der Waals surface area (Å²) in [4.78, 5) is -0.190. The molecule has 0 heterocycles. The van der Waals surface area contributed by atoms with Gasteiger partial charge >= 0.3 is 48.9 Å².